The average Bonchev–Trinajstić information content (AvgIpc) is 2.27. The summed E-state index contributed by atoms with van der Waals surface area (Å²) in [5.74, 6) is -0.0525. The van der Waals surface area contributed by atoms with Gasteiger partial charge in [-0.2, -0.15) is 8.78 Å². The average molecular weight is 252 g/mol. The monoisotopic (exact) mass is 251 g/mol. The number of hydrogen-bond acceptors (Lipinski definition) is 4. The zero-order chi connectivity index (χ0) is 12.1. The van der Waals surface area contributed by atoms with Gasteiger partial charge in [0.25, 0.3) is 0 Å². The maximum Gasteiger partial charge on any atom is 0.387 e. The minimum absolute atomic E-state index is 0.131. The highest BCUT2D eigenvalue weighted by Gasteiger charge is 2.12. The third-order valence-corrected chi connectivity index (χ3v) is 2.00. The molecule has 0 aliphatic carbocycles. The Hall–Kier alpha value is -1.56. The molecule has 1 aromatic rings. The lowest BCUT2D eigenvalue weighted by Crippen LogP contribution is -2.04. The van der Waals surface area contributed by atoms with Crippen molar-refractivity contribution in [3.05, 3.63) is 23.8 Å². The number of nitrogens with zero attached hydrogens (tertiary/aromatic N) is 1. The van der Waals surface area contributed by atoms with E-state index in [0.29, 0.717) is 0 Å². The van der Waals surface area contributed by atoms with Crippen LogP contribution in [0.1, 0.15) is 5.56 Å². The predicted octanol–water partition coefficient (Wildman–Crippen LogP) is 2.67. The number of ether oxygens (including phenoxy) is 2. The SMILES string of the molecule is COc1ccc(/C(Cl)=N/O)cc1OC(F)F. The van der Waals surface area contributed by atoms with E-state index in [2.05, 4.69) is 9.89 Å². The van der Waals surface area contributed by atoms with Gasteiger partial charge in [0.1, 0.15) is 0 Å². The summed E-state index contributed by atoms with van der Waals surface area (Å²) >= 11 is 5.51. The fraction of sp³-hybridized carbons (Fsp3) is 0.222. The molecule has 0 radical (unpaired) electrons. The van der Waals surface area contributed by atoms with Gasteiger partial charge in [-0.3, -0.25) is 0 Å². The quantitative estimate of drug-likeness (QED) is 0.508. The van der Waals surface area contributed by atoms with Crippen LogP contribution in [-0.4, -0.2) is 24.1 Å². The summed E-state index contributed by atoms with van der Waals surface area (Å²) < 4.78 is 33.2. The second-order valence-corrected chi connectivity index (χ2v) is 2.99. The molecule has 0 fully saturated rings. The van der Waals surface area contributed by atoms with Gasteiger partial charge < -0.3 is 14.7 Å². The van der Waals surface area contributed by atoms with Crippen molar-refractivity contribution in [2.75, 3.05) is 7.11 Å². The highest BCUT2D eigenvalue weighted by molar-refractivity contribution is 6.69. The summed E-state index contributed by atoms with van der Waals surface area (Å²) in [6.45, 7) is -2.98. The Balaban J connectivity index is 3.10. The highest BCUT2D eigenvalue weighted by atomic mass is 35.5. The molecule has 0 heterocycles. The predicted molar refractivity (Wildman–Crippen MR) is 53.8 cm³/mol. The third kappa shape index (κ3) is 2.96. The maximum atomic E-state index is 12.1. The zero-order valence-corrected chi connectivity index (χ0v) is 8.91. The van der Waals surface area contributed by atoms with Crippen LogP contribution in [0.2, 0.25) is 0 Å². The van der Waals surface area contributed by atoms with Crippen LogP contribution in [-0.2, 0) is 0 Å². The van der Waals surface area contributed by atoms with Crippen molar-refractivity contribution in [3.8, 4) is 11.5 Å². The summed E-state index contributed by atoms with van der Waals surface area (Å²) in [6, 6.07) is 4.01. The first kappa shape index (κ1) is 12.5. The number of halogens is 3. The molecular weight excluding hydrogens is 244 g/mol. The Morgan fingerprint density at radius 3 is 2.62 bits per heavy atom. The molecule has 0 amide bonds. The molecule has 0 spiro atoms. The Morgan fingerprint density at radius 2 is 2.12 bits per heavy atom. The van der Waals surface area contributed by atoms with Crippen molar-refractivity contribution in [3.63, 3.8) is 0 Å². The van der Waals surface area contributed by atoms with E-state index in [9.17, 15) is 8.78 Å². The van der Waals surface area contributed by atoms with Crippen molar-refractivity contribution < 1.29 is 23.5 Å². The summed E-state index contributed by atoms with van der Waals surface area (Å²) in [6.07, 6.45) is 0. The van der Waals surface area contributed by atoms with Crippen LogP contribution in [0.15, 0.2) is 23.4 Å². The van der Waals surface area contributed by atoms with E-state index in [-0.39, 0.29) is 22.2 Å². The number of methoxy groups -OCH3 is 1. The zero-order valence-electron chi connectivity index (χ0n) is 8.15. The molecule has 88 valence electrons. The maximum absolute atomic E-state index is 12.1. The summed E-state index contributed by atoms with van der Waals surface area (Å²) in [4.78, 5) is 0. The highest BCUT2D eigenvalue weighted by Crippen LogP contribution is 2.30. The molecule has 0 unspecified atom stereocenters. The number of hydrogen-bond donors (Lipinski definition) is 1. The number of benzene rings is 1. The molecule has 1 N–H and O–H groups in total. The van der Waals surface area contributed by atoms with Gasteiger partial charge in [0.2, 0.25) is 0 Å². The molecule has 7 heteroatoms. The van der Waals surface area contributed by atoms with Crippen molar-refractivity contribution in [1.82, 2.24) is 0 Å². The molecule has 0 saturated carbocycles. The Labute approximate surface area is 95.0 Å². The van der Waals surface area contributed by atoms with Gasteiger partial charge in [0.15, 0.2) is 16.7 Å². The standard InChI is InChI=1S/C9H8ClF2NO3/c1-15-6-3-2-5(8(10)13-14)4-7(6)16-9(11)12/h2-4,9,14H,1H3/b13-8-. The smallest absolute Gasteiger partial charge is 0.387 e. The van der Waals surface area contributed by atoms with Gasteiger partial charge in [-0.1, -0.05) is 16.8 Å². The van der Waals surface area contributed by atoms with E-state index in [4.69, 9.17) is 21.5 Å². The van der Waals surface area contributed by atoms with E-state index in [1.807, 2.05) is 0 Å². The lowest BCUT2D eigenvalue weighted by atomic mass is 10.2. The number of oxime groups is 1. The molecule has 16 heavy (non-hydrogen) atoms. The van der Waals surface area contributed by atoms with E-state index in [0.717, 1.165) is 0 Å². The van der Waals surface area contributed by atoms with Gasteiger partial charge in [-0.15, -0.1) is 0 Å². The lowest BCUT2D eigenvalue weighted by molar-refractivity contribution is -0.0512. The van der Waals surface area contributed by atoms with Gasteiger partial charge in [-0.05, 0) is 18.2 Å². The van der Waals surface area contributed by atoms with Crippen LogP contribution < -0.4 is 9.47 Å². The first-order valence-electron chi connectivity index (χ1n) is 4.09. The molecule has 0 aliphatic heterocycles. The fourth-order valence-corrected chi connectivity index (χ4v) is 1.17. The Morgan fingerprint density at radius 1 is 1.44 bits per heavy atom. The molecule has 0 saturated heterocycles. The van der Waals surface area contributed by atoms with Gasteiger partial charge in [0, 0.05) is 5.56 Å². The van der Waals surface area contributed by atoms with E-state index < -0.39 is 6.61 Å². The molecule has 0 atom stereocenters. The van der Waals surface area contributed by atoms with Crippen LogP contribution in [0.25, 0.3) is 0 Å². The normalized spacial score (nSPS) is 11.7. The van der Waals surface area contributed by atoms with Crippen molar-refractivity contribution in [2.45, 2.75) is 6.61 Å². The molecule has 4 nitrogen and oxygen atoms in total. The topological polar surface area (TPSA) is 51.0 Å². The van der Waals surface area contributed by atoms with Crippen molar-refractivity contribution in [2.24, 2.45) is 5.16 Å². The van der Waals surface area contributed by atoms with Crippen LogP contribution in [0, 0.1) is 0 Å². The second-order valence-electron chi connectivity index (χ2n) is 2.63. The summed E-state index contributed by atoms with van der Waals surface area (Å²) in [5.41, 5.74) is 0.237. The second kappa shape index (κ2) is 5.50. The largest absolute Gasteiger partial charge is 0.493 e. The third-order valence-electron chi connectivity index (χ3n) is 1.71. The first-order chi connectivity index (χ1) is 7.58. The molecule has 0 bridgehead atoms. The molecule has 0 aromatic heterocycles. The Bertz CT molecular complexity index is 398. The van der Waals surface area contributed by atoms with E-state index in [1.54, 1.807) is 0 Å². The molecule has 0 aliphatic rings. The molecule has 1 aromatic carbocycles. The van der Waals surface area contributed by atoms with E-state index in [1.165, 1.54) is 25.3 Å². The van der Waals surface area contributed by atoms with Gasteiger partial charge in [-0.25, -0.2) is 0 Å². The van der Waals surface area contributed by atoms with Crippen LogP contribution in [0.5, 0.6) is 11.5 Å². The first-order valence-corrected chi connectivity index (χ1v) is 4.47. The fourth-order valence-electron chi connectivity index (χ4n) is 1.05. The summed E-state index contributed by atoms with van der Waals surface area (Å²) in [7, 11) is 1.31. The van der Waals surface area contributed by atoms with Gasteiger partial charge >= 0.3 is 6.61 Å². The van der Waals surface area contributed by atoms with E-state index >= 15 is 0 Å². The number of alkyl halides is 2. The minimum atomic E-state index is -2.98. The van der Waals surface area contributed by atoms with Crippen molar-refractivity contribution in [1.29, 1.82) is 0 Å². The van der Waals surface area contributed by atoms with Crippen molar-refractivity contribution >= 4 is 16.8 Å². The number of rotatable bonds is 4. The summed E-state index contributed by atoms with van der Waals surface area (Å²) in [5, 5.41) is 10.9. The van der Waals surface area contributed by atoms with Crippen LogP contribution in [0.4, 0.5) is 8.78 Å². The lowest BCUT2D eigenvalue weighted by Gasteiger charge is -2.10. The van der Waals surface area contributed by atoms with Gasteiger partial charge in [0.05, 0.1) is 7.11 Å². The molecule has 1 rings (SSSR count). The molecular formula is C9H8ClF2NO3. The van der Waals surface area contributed by atoms with Crippen LogP contribution >= 0.6 is 11.6 Å². The van der Waals surface area contributed by atoms with Crippen LogP contribution in [0.3, 0.4) is 0 Å². The Kier molecular flexibility index (Phi) is 4.30. The minimum Gasteiger partial charge on any atom is -0.493 e.